The fourth-order valence-corrected chi connectivity index (χ4v) is 2.22. The highest BCUT2D eigenvalue weighted by atomic mass is 19.1. The molecule has 2 rings (SSSR count). The van der Waals surface area contributed by atoms with Crippen molar-refractivity contribution in [2.75, 3.05) is 0 Å². The Kier molecular flexibility index (Phi) is 4.73. The van der Waals surface area contributed by atoms with E-state index in [1.54, 1.807) is 6.92 Å². The molecule has 0 bridgehead atoms. The van der Waals surface area contributed by atoms with Crippen LogP contribution in [0.3, 0.4) is 0 Å². The van der Waals surface area contributed by atoms with E-state index in [1.165, 1.54) is 6.07 Å². The molecule has 0 saturated heterocycles. The van der Waals surface area contributed by atoms with Crippen molar-refractivity contribution in [3.8, 4) is 0 Å². The smallest absolute Gasteiger partial charge is 0.130 e. The zero-order valence-corrected chi connectivity index (χ0v) is 12.6. The van der Waals surface area contributed by atoms with Gasteiger partial charge in [0.1, 0.15) is 11.6 Å². The molecular weight excluding hydrogens is 272 g/mol. The number of nitrogens with two attached hydrogens (primary N) is 1. The summed E-state index contributed by atoms with van der Waals surface area (Å²) in [6.45, 7) is 5.77. The molecule has 5 heteroatoms. The number of halogens is 2. The monoisotopic (exact) mass is 293 g/mol. The lowest BCUT2D eigenvalue weighted by Crippen LogP contribution is -2.16. The van der Waals surface area contributed by atoms with Gasteiger partial charge in [0.25, 0.3) is 0 Å². The number of aryl methyl sites for hydroxylation is 1. The van der Waals surface area contributed by atoms with Crippen molar-refractivity contribution >= 4 is 0 Å². The van der Waals surface area contributed by atoms with E-state index in [-0.39, 0.29) is 0 Å². The van der Waals surface area contributed by atoms with Crippen LogP contribution in [-0.4, -0.2) is 9.78 Å². The molecule has 2 atom stereocenters. The van der Waals surface area contributed by atoms with Gasteiger partial charge >= 0.3 is 0 Å². The molecule has 2 N–H and O–H groups in total. The largest absolute Gasteiger partial charge is 0.324 e. The van der Waals surface area contributed by atoms with Gasteiger partial charge in [0.2, 0.25) is 0 Å². The fourth-order valence-electron chi connectivity index (χ4n) is 2.22. The molecule has 0 spiro atoms. The second-order valence-corrected chi connectivity index (χ2v) is 5.48. The lowest BCUT2D eigenvalue weighted by Gasteiger charge is -2.13. The Hall–Kier alpha value is -1.75. The van der Waals surface area contributed by atoms with E-state index >= 15 is 0 Å². The van der Waals surface area contributed by atoms with Crippen LogP contribution in [0.4, 0.5) is 8.78 Å². The van der Waals surface area contributed by atoms with Crippen molar-refractivity contribution in [3.63, 3.8) is 0 Å². The maximum Gasteiger partial charge on any atom is 0.130 e. The van der Waals surface area contributed by atoms with Gasteiger partial charge in [-0.05, 0) is 38.0 Å². The first-order chi connectivity index (χ1) is 9.92. The standard InChI is InChI=1S/C16H21F2N3/c1-4-11(3)21-6-5-12(20-21)8-16(19)13-7-10(2)14(17)9-15(13)18/h5-7,9,11,16H,4,8,19H2,1-3H3. The van der Waals surface area contributed by atoms with Crippen LogP contribution in [0.2, 0.25) is 0 Å². The van der Waals surface area contributed by atoms with Crippen LogP contribution < -0.4 is 5.73 Å². The predicted molar refractivity (Wildman–Crippen MR) is 79.0 cm³/mol. The van der Waals surface area contributed by atoms with Crippen molar-refractivity contribution < 1.29 is 8.78 Å². The first-order valence-corrected chi connectivity index (χ1v) is 7.17. The van der Waals surface area contributed by atoms with Gasteiger partial charge in [0.15, 0.2) is 0 Å². The maximum absolute atomic E-state index is 13.8. The molecule has 0 amide bonds. The van der Waals surface area contributed by atoms with Crippen molar-refractivity contribution in [1.82, 2.24) is 9.78 Å². The Morgan fingerprint density at radius 2 is 2.00 bits per heavy atom. The minimum atomic E-state index is -0.605. The van der Waals surface area contributed by atoms with Gasteiger partial charge in [0.05, 0.1) is 5.69 Å². The number of hydrogen-bond acceptors (Lipinski definition) is 2. The summed E-state index contributed by atoms with van der Waals surface area (Å²) in [6, 6.07) is 4.04. The third-order valence-corrected chi connectivity index (χ3v) is 3.81. The van der Waals surface area contributed by atoms with E-state index in [0.29, 0.717) is 23.6 Å². The van der Waals surface area contributed by atoms with E-state index < -0.39 is 17.7 Å². The first-order valence-electron chi connectivity index (χ1n) is 7.17. The van der Waals surface area contributed by atoms with Crippen molar-refractivity contribution in [1.29, 1.82) is 0 Å². The number of aromatic nitrogens is 2. The highest BCUT2D eigenvalue weighted by Gasteiger charge is 2.16. The van der Waals surface area contributed by atoms with Gasteiger partial charge in [-0.1, -0.05) is 6.92 Å². The lowest BCUT2D eigenvalue weighted by atomic mass is 10.00. The number of rotatable bonds is 5. The predicted octanol–water partition coefficient (Wildman–Crippen LogP) is 3.68. The quantitative estimate of drug-likeness (QED) is 0.913. The molecule has 0 radical (unpaired) electrons. The highest BCUT2D eigenvalue weighted by Crippen LogP contribution is 2.22. The molecule has 21 heavy (non-hydrogen) atoms. The Morgan fingerprint density at radius 3 is 2.67 bits per heavy atom. The summed E-state index contributed by atoms with van der Waals surface area (Å²) < 4.78 is 29.0. The molecule has 2 unspecified atom stereocenters. The van der Waals surface area contributed by atoms with Gasteiger partial charge in [0, 0.05) is 36.3 Å². The molecule has 0 saturated carbocycles. The second-order valence-electron chi connectivity index (χ2n) is 5.48. The lowest BCUT2D eigenvalue weighted by molar-refractivity contribution is 0.471. The van der Waals surface area contributed by atoms with Gasteiger partial charge in [-0.2, -0.15) is 5.10 Å². The van der Waals surface area contributed by atoms with Crippen LogP contribution in [-0.2, 0) is 6.42 Å². The Labute approximate surface area is 123 Å². The first kappa shape index (κ1) is 15.6. The number of hydrogen-bond donors (Lipinski definition) is 1. The molecule has 0 aliphatic heterocycles. The zero-order chi connectivity index (χ0) is 15.6. The Balaban J connectivity index is 2.16. The second kappa shape index (κ2) is 6.35. The molecule has 3 nitrogen and oxygen atoms in total. The summed E-state index contributed by atoms with van der Waals surface area (Å²) in [4.78, 5) is 0. The molecular formula is C16H21F2N3. The summed E-state index contributed by atoms with van der Waals surface area (Å²) in [6.07, 6.45) is 3.31. The van der Waals surface area contributed by atoms with Crippen LogP contribution in [0.5, 0.6) is 0 Å². The number of benzene rings is 1. The molecule has 114 valence electrons. The van der Waals surface area contributed by atoms with Gasteiger partial charge in [-0.3, -0.25) is 4.68 Å². The molecule has 0 fully saturated rings. The van der Waals surface area contributed by atoms with Gasteiger partial charge < -0.3 is 5.73 Å². The molecule has 1 heterocycles. The minimum Gasteiger partial charge on any atom is -0.324 e. The van der Waals surface area contributed by atoms with Crippen molar-refractivity contribution in [2.24, 2.45) is 5.73 Å². The van der Waals surface area contributed by atoms with Crippen molar-refractivity contribution in [2.45, 2.75) is 45.7 Å². The molecule has 1 aromatic carbocycles. The summed E-state index contributed by atoms with van der Waals surface area (Å²) in [5, 5.41) is 4.46. The van der Waals surface area contributed by atoms with Gasteiger partial charge in [-0.15, -0.1) is 0 Å². The van der Waals surface area contributed by atoms with Crippen LogP contribution in [0.15, 0.2) is 24.4 Å². The third kappa shape index (κ3) is 3.47. The summed E-state index contributed by atoms with van der Waals surface area (Å²) >= 11 is 0. The number of nitrogens with zero attached hydrogens (tertiary/aromatic N) is 2. The normalized spacial score (nSPS) is 14.2. The molecule has 0 aliphatic rings. The van der Waals surface area contributed by atoms with E-state index in [9.17, 15) is 8.78 Å². The molecule has 1 aromatic heterocycles. The SMILES string of the molecule is CCC(C)n1ccc(CC(N)c2cc(C)c(F)cc2F)n1. The van der Waals surface area contributed by atoms with E-state index in [1.807, 2.05) is 16.9 Å². The average molecular weight is 293 g/mol. The van der Waals surface area contributed by atoms with Crippen LogP contribution >= 0.6 is 0 Å². The van der Waals surface area contributed by atoms with E-state index in [4.69, 9.17) is 5.73 Å². The van der Waals surface area contributed by atoms with Gasteiger partial charge in [-0.25, -0.2) is 8.78 Å². The Morgan fingerprint density at radius 1 is 1.29 bits per heavy atom. The zero-order valence-electron chi connectivity index (χ0n) is 12.6. The molecule has 0 aliphatic carbocycles. The topological polar surface area (TPSA) is 43.8 Å². The highest BCUT2D eigenvalue weighted by molar-refractivity contribution is 5.28. The minimum absolute atomic E-state index is 0.319. The van der Waals surface area contributed by atoms with Crippen LogP contribution in [0, 0.1) is 18.6 Å². The van der Waals surface area contributed by atoms with E-state index in [2.05, 4.69) is 18.9 Å². The van der Waals surface area contributed by atoms with E-state index in [0.717, 1.165) is 18.2 Å². The summed E-state index contributed by atoms with van der Waals surface area (Å²) in [7, 11) is 0. The molecule has 2 aromatic rings. The third-order valence-electron chi connectivity index (χ3n) is 3.81. The average Bonchev–Trinajstić information content (AvgIpc) is 2.90. The van der Waals surface area contributed by atoms with Crippen LogP contribution in [0.25, 0.3) is 0 Å². The summed E-state index contributed by atoms with van der Waals surface area (Å²) in [5.41, 5.74) is 7.58. The maximum atomic E-state index is 13.8. The van der Waals surface area contributed by atoms with Crippen molar-refractivity contribution in [3.05, 3.63) is 52.9 Å². The van der Waals surface area contributed by atoms with Crippen LogP contribution in [0.1, 0.15) is 49.2 Å². The summed E-state index contributed by atoms with van der Waals surface area (Å²) in [5.74, 6) is -1.16. The fraction of sp³-hybridized carbons (Fsp3) is 0.438. The Bertz CT molecular complexity index is 622.